The van der Waals surface area contributed by atoms with Gasteiger partial charge in [-0.05, 0) is 57.7 Å². The molecule has 0 N–H and O–H groups in total. The van der Waals surface area contributed by atoms with E-state index in [0.29, 0.717) is 31.4 Å². The zero-order valence-electron chi connectivity index (χ0n) is 16.0. The Morgan fingerprint density at radius 2 is 1.50 bits per heavy atom. The van der Waals surface area contributed by atoms with E-state index < -0.39 is 17.5 Å². The summed E-state index contributed by atoms with van der Waals surface area (Å²) in [6.45, 7) is 7.89. The number of hydrogen-bond acceptors (Lipinski definition) is 6. The molecule has 0 heterocycles. The van der Waals surface area contributed by atoms with Crippen molar-refractivity contribution in [3.63, 3.8) is 0 Å². The lowest BCUT2D eigenvalue weighted by Gasteiger charge is -2.19. The van der Waals surface area contributed by atoms with Crippen LogP contribution in [-0.4, -0.2) is 36.7 Å². The third-order valence-corrected chi connectivity index (χ3v) is 3.22. The lowest BCUT2D eigenvalue weighted by atomic mass is 10.1. The number of rotatable bonds is 9. The van der Waals surface area contributed by atoms with Crippen LogP contribution in [0.25, 0.3) is 0 Å². The van der Waals surface area contributed by atoms with E-state index in [9.17, 15) is 14.4 Å². The molecular weight excluding hydrogens is 336 g/mol. The van der Waals surface area contributed by atoms with Crippen LogP contribution in [0.4, 0.5) is 0 Å². The highest BCUT2D eigenvalue weighted by molar-refractivity contribution is 5.91. The molecule has 0 radical (unpaired) electrons. The summed E-state index contributed by atoms with van der Waals surface area (Å²) in [4.78, 5) is 34.7. The second kappa shape index (κ2) is 10.6. The summed E-state index contributed by atoms with van der Waals surface area (Å²) in [6, 6.07) is 7.14. The lowest BCUT2D eigenvalue weighted by Crippen LogP contribution is -2.23. The van der Waals surface area contributed by atoms with Gasteiger partial charge in [-0.3, -0.25) is 9.59 Å². The van der Waals surface area contributed by atoms with Crippen molar-refractivity contribution in [3.8, 4) is 0 Å². The van der Waals surface area contributed by atoms with E-state index in [1.165, 1.54) is 0 Å². The fourth-order valence-electron chi connectivity index (χ4n) is 2.04. The zero-order chi connectivity index (χ0) is 19.6. The van der Waals surface area contributed by atoms with Crippen molar-refractivity contribution in [1.82, 2.24) is 0 Å². The molecule has 0 aliphatic carbocycles. The Hall–Kier alpha value is -2.37. The molecule has 144 valence electrons. The van der Waals surface area contributed by atoms with Crippen molar-refractivity contribution < 1.29 is 28.6 Å². The summed E-state index contributed by atoms with van der Waals surface area (Å²) < 4.78 is 15.1. The van der Waals surface area contributed by atoms with Gasteiger partial charge < -0.3 is 14.2 Å². The summed E-state index contributed by atoms with van der Waals surface area (Å²) in [5.74, 6) is -1.49. The minimum absolute atomic E-state index is 0.230. The lowest BCUT2D eigenvalue weighted by molar-refractivity contribution is -0.154. The predicted octanol–water partition coefficient (Wildman–Crippen LogP) is 3.46. The average Bonchev–Trinajstić information content (AvgIpc) is 2.56. The monoisotopic (exact) mass is 364 g/mol. The van der Waals surface area contributed by atoms with E-state index in [2.05, 4.69) is 0 Å². The average molecular weight is 364 g/mol. The summed E-state index contributed by atoms with van der Waals surface area (Å²) in [7, 11) is 0. The molecule has 6 heteroatoms. The van der Waals surface area contributed by atoms with Crippen LogP contribution in [-0.2, 0) is 30.2 Å². The standard InChI is InChI=1S/C20H28O6/c1-5-12-24-17(21)14-18(22)25-13-6-7-15-8-10-16(11-9-15)19(23)26-20(2,3)4/h8-11H,5-7,12-14H2,1-4H3. The highest BCUT2D eigenvalue weighted by atomic mass is 16.6. The molecule has 0 aliphatic heterocycles. The normalized spacial score (nSPS) is 10.9. The van der Waals surface area contributed by atoms with Gasteiger partial charge in [0, 0.05) is 0 Å². The number of carbonyl (C=O) groups is 3. The SMILES string of the molecule is CCCOC(=O)CC(=O)OCCCc1ccc(C(=O)OC(C)(C)C)cc1. The predicted molar refractivity (Wildman–Crippen MR) is 96.8 cm³/mol. The molecule has 1 aromatic carbocycles. The Balaban J connectivity index is 2.30. The van der Waals surface area contributed by atoms with E-state index >= 15 is 0 Å². The van der Waals surface area contributed by atoms with Crippen LogP contribution in [0.5, 0.6) is 0 Å². The van der Waals surface area contributed by atoms with Gasteiger partial charge in [0.25, 0.3) is 0 Å². The molecule has 0 spiro atoms. The van der Waals surface area contributed by atoms with Crippen LogP contribution in [0.15, 0.2) is 24.3 Å². The second-order valence-electron chi connectivity index (χ2n) is 6.92. The van der Waals surface area contributed by atoms with Crippen molar-refractivity contribution in [1.29, 1.82) is 0 Å². The highest BCUT2D eigenvalue weighted by Gasteiger charge is 2.17. The Morgan fingerprint density at radius 1 is 0.923 bits per heavy atom. The molecule has 0 aliphatic rings. The van der Waals surface area contributed by atoms with Gasteiger partial charge in [-0.25, -0.2) is 4.79 Å². The van der Waals surface area contributed by atoms with Crippen molar-refractivity contribution in [2.75, 3.05) is 13.2 Å². The van der Waals surface area contributed by atoms with E-state index in [1.807, 2.05) is 39.8 Å². The smallest absolute Gasteiger partial charge is 0.338 e. The number of aryl methyl sites for hydroxylation is 1. The first-order valence-corrected chi connectivity index (χ1v) is 8.85. The number of benzene rings is 1. The summed E-state index contributed by atoms with van der Waals surface area (Å²) >= 11 is 0. The van der Waals surface area contributed by atoms with Gasteiger partial charge in [-0.1, -0.05) is 19.1 Å². The molecule has 0 bridgehead atoms. The third-order valence-electron chi connectivity index (χ3n) is 3.22. The van der Waals surface area contributed by atoms with Gasteiger partial charge in [0.2, 0.25) is 0 Å². The highest BCUT2D eigenvalue weighted by Crippen LogP contribution is 2.13. The molecule has 26 heavy (non-hydrogen) atoms. The summed E-state index contributed by atoms with van der Waals surface area (Å²) in [5.41, 5.74) is 0.999. The van der Waals surface area contributed by atoms with E-state index in [0.717, 1.165) is 5.56 Å². The Kier molecular flexibility index (Phi) is 8.82. The number of carbonyl (C=O) groups excluding carboxylic acids is 3. The molecular formula is C20H28O6. The first-order valence-electron chi connectivity index (χ1n) is 8.85. The Labute approximate surface area is 154 Å². The van der Waals surface area contributed by atoms with Crippen molar-refractivity contribution in [3.05, 3.63) is 35.4 Å². The first kappa shape index (κ1) is 21.7. The largest absolute Gasteiger partial charge is 0.465 e. The van der Waals surface area contributed by atoms with Crippen LogP contribution in [0.3, 0.4) is 0 Å². The molecule has 6 nitrogen and oxygen atoms in total. The maximum atomic E-state index is 11.9. The molecule has 0 atom stereocenters. The van der Waals surface area contributed by atoms with Gasteiger partial charge in [-0.15, -0.1) is 0 Å². The van der Waals surface area contributed by atoms with E-state index in [-0.39, 0.29) is 19.0 Å². The first-order chi connectivity index (χ1) is 12.2. The summed E-state index contributed by atoms with van der Waals surface area (Å²) in [5, 5.41) is 0. The molecule has 0 amide bonds. The molecule has 0 saturated carbocycles. The van der Waals surface area contributed by atoms with Crippen LogP contribution >= 0.6 is 0 Å². The fourth-order valence-corrected chi connectivity index (χ4v) is 2.04. The van der Waals surface area contributed by atoms with Crippen LogP contribution in [0.2, 0.25) is 0 Å². The molecule has 1 aromatic rings. The quantitative estimate of drug-likeness (QED) is 0.289. The number of hydrogen-bond donors (Lipinski definition) is 0. The van der Waals surface area contributed by atoms with Crippen molar-refractivity contribution >= 4 is 17.9 Å². The van der Waals surface area contributed by atoms with Crippen LogP contribution < -0.4 is 0 Å². The molecule has 0 unspecified atom stereocenters. The number of esters is 3. The Bertz CT molecular complexity index is 598. The molecule has 1 rings (SSSR count). The number of ether oxygens (including phenoxy) is 3. The minimum atomic E-state index is -0.577. The minimum Gasteiger partial charge on any atom is -0.465 e. The topological polar surface area (TPSA) is 78.9 Å². The van der Waals surface area contributed by atoms with E-state index in [1.54, 1.807) is 12.1 Å². The molecule has 0 aromatic heterocycles. The van der Waals surface area contributed by atoms with Gasteiger partial charge >= 0.3 is 17.9 Å². The van der Waals surface area contributed by atoms with E-state index in [4.69, 9.17) is 14.2 Å². The summed E-state index contributed by atoms with van der Waals surface area (Å²) in [6.07, 6.45) is 1.68. The van der Waals surface area contributed by atoms with Crippen LogP contribution in [0.1, 0.15) is 62.9 Å². The maximum Gasteiger partial charge on any atom is 0.338 e. The fraction of sp³-hybridized carbons (Fsp3) is 0.550. The zero-order valence-corrected chi connectivity index (χ0v) is 16.0. The maximum absolute atomic E-state index is 11.9. The van der Waals surface area contributed by atoms with Crippen molar-refractivity contribution in [2.24, 2.45) is 0 Å². The third kappa shape index (κ3) is 9.20. The van der Waals surface area contributed by atoms with Gasteiger partial charge in [-0.2, -0.15) is 0 Å². The van der Waals surface area contributed by atoms with Crippen molar-refractivity contribution in [2.45, 2.75) is 59.0 Å². The van der Waals surface area contributed by atoms with Gasteiger partial charge in [0.15, 0.2) is 0 Å². The van der Waals surface area contributed by atoms with Gasteiger partial charge in [0.1, 0.15) is 12.0 Å². The molecule has 0 saturated heterocycles. The molecule has 0 fully saturated rings. The van der Waals surface area contributed by atoms with Gasteiger partial charge in [0.05, 0.1) is 18.8 Å². The Morgan fingerprint density at radius 3 is 2.04 bits per heavy atom. The van der Waals surface area contributed by atoms with Crippen LogP contribution in [0, 0.1) is 0 Å². The second-order valence-corrected chi connectivity index (χ2v) is 6.92.